The highest BCUT2D eigenvalue weighted by Crippen LogP contribution is 2.24. The molecule has 7 nitrogen and oxygen atoms in total. The zero-order chi connectivity index (χ0) is 14.6. The molecule has 0 amide bonds. The highest BCUT2D eigenvalue weighted by atomic mass is 19.1. The van der Waals surface area contributed by atoms with Gasteiger partial charge in [0.15, 0.2) is 12.3 Å². The van der Waals surface area contributed by atoms with Gasteiger partial charge in [-0.3, -0.25) is 14.4 Å². The summed E-state index contributed by atoms with van der Waals surface area (Å²) in [6.45, 7) is 2.87. The smallest absolute Gasteiger partial charge is 0.305 e. The number of halogens is 1. The summed E-state index contributed by atoms with van der Waals surface area (Å²) in [4.78, 5) is 32.8. The molecule has 1 unspecified atom stereocenters. The van der Waals surface area contributed by atoms with Crippen molar-refractivity contribution in [2.24, 2.45) is 0 Å². The molecular weight excluding hydrogens is 263 g/mol. The van der Waals surface area contributed by atoms with Crippen LogP contribution in [0.4, 0.5) is 4.39 Å². The average Bonchev–Trinajstić information content (AvgIpc) is 2.25. The lowest BCUT2D eigenvalue weighted by atomic mass is 10.1. The highest BCUT2D eigenvalue weighted by Gasteiger charge is 2.47. The molecule has 4 atom stereocenters. The third kappa shape index (κ3) is 4.47. The molecule has 0 aromatic heterocycles. The number of carbonyl (C=O) groups is 3. The molecule has 0 radical (unpaired) electrons. The van der Waals surface area contributed by atoms with Gasteiger partial charge >= 0.3 is 17.9 Å². The number of alkyl halides is 1. The van der Waals surface area contributed by atoms with E-state index in [1.165, 1.54) is 0 Å². The summed E-state index contributed by atoms with van der Waals surface area (Å²) >= 11 is 0. The van der Waals surface area contributed by atoms with Crippen molar-refractivity contribution in [2.45, 2.75) is 45.4 Å². The third-order valence-corrected chi connectivity index (χ3v) is 2.25. The van der Waals surface area contributed by atoms with Crippen molar-refractivity contribution in [3.05, 3.63) is 0 Å². The molecule has 0 aromatic rings. The SMILES string of the molecule is CC(=O)OC1OC[C@@H](F)[C@@H](OC(C)=O)[C@@H]1OC(C)=O. The monoisotopic (exact) mass is 278 g/mol. The van der Waals surface area contributed by atoms with Crippen LogP contribution in [-0.2, 0) is 33.3 Å². The zero-order valence-electron chi connectivity index (χ0n) is 10.8. The second kappa shape index (κ2) is 6.46. The Bertz CT molecular complexity index is 370. The van der Waals surface area contributed by atoms with Gasteiger partial charge in [0.05, 0.1) is 6.61 Å². The van der Waals surface area contributed by atoms with Crippen LogP contribution in [0.15, 0.2) is 0 Å². The van der Waals surface area contributed by atoms with E-state index in [1.807, 2.05) is 0 Å². The molecule has 1 fully saturated rings. The standard InChI is InChI=1S/C11H15FO7/c1-5(13)17-9-8(12)4-16-11(19-7(3)15)10(9)18-6(2)14/h8-11H,4H2,1-3H3/t8-,9-,10+,11?/m1/s1. The molecule has 0 N–H and O–H groups in total. The Morgan fingerprint density at radius 2 is 1.42 bits per heavy atom. The Hall–Kier alpha value is -1.70. The van der Waals surface area contributed by atoms with Gasteiger partial charge in [0.2, 0.25) is 12.4 Å². The van der Waals surface area contributed by atoms with Gasteiger partial charge in [0, 0.05) is 20.8 Å². The van der Waals surface area contributed by atoms with E-state index in [0.29, 0.717) is 0 Å². The summed E-state index contributed by atoms with van der Waals surface area (Å²) in [6.07, 6.45) is -5.70. The van der Waals surface area contributed by atoms with E-state index >= 15 is 0 Å². The Labute approximate surface area is 108 Å². The van der Waals surface area contributed by atoms with Crippen LogP contribution in [0, 0.1) is 0 Å². The second-order valence-electron chi connectivity index (χ2n) is 3.98. The van der Waals surface area contributed by atoms with Gasteiger partial charge in [0.25, 0.3) is 0 Å². The van der Waals surface area contributed by atoms with Crippen molar-refractivity contribution in [3.8, 4) is 0 Å². The number of ether oxygens (including phenoxy) is 4. The molecule has 1 aliphatic rings. The molecule has 0 aliphatic carbocycles. The summed E-state index contributed by atoms with van der Waals surface area (Å²) in [6, 6.07) is 0. The lowest BCUT2D eigenvalue weighted by Gasteiger charge is -2.37. The van der Waals surface area contributed by atoms with E-state index in [9.17, 15) is 18.8 Å². The van der Waals surface area contributed by atoms with Gasteiger partial charge < -0.3 is 18.9 Å². The number of esters is 3. The summed E-state index contributed by atoms with van der Waals surface area (Å²) in [5.74, 6) is -2.17. The molecule has 1 aliphatic heterocycles. The normalized spacial score (nSPS) is 30.3. The molecular formula is C11H15FO7. The lowest BCUT2D eigenvalue weighted by Crippen LogP contribution is -2.56. The Balaban J connectivity index is 2.89. The van der Waals surface area contributed by atoms with E-state index in [-0.39, 0.29) is 0 Å². The topological polar surface area (TPSA) is 88.1 Å². The van der Waals surface area contributed by atoms with Crippen LogP contribution in [0.1, 0.15) is 20.8 Å². The van der Waals surface area contributed by atoms with E-state index in [2.05, 4.69) is 0 Å². The molecule has 0 bridgehead atoms. The van der Waals surface area contributed by atoms with Gasteiger partial charge in [-0.2, -0.15) is 0 Å². The van der Waals surface area contributed by atoms with Crippen molar-refractivity contribution in [1.29, 1.82) is 0 Å². The van der Waals surface area contributed by atoms with Crippen molar-refractivity contribution in [1.82, 2.24) is 0 Å². The maximum Gasteiger partial charge on any atom is 0.305 e. The minimum absolute atomic E-state index is 0.437. The van der Waals surface area contributed by atoms with Crippen LogP contribution >= 0.6 is 0 Å². The summed E-state index contributed by atoms with van der Waals surface area (Å²) in [5.41, 5.74) is 0. The summed E-state index contributed by atoms with van der Waals surface area (Å²) < 4.78 is 33.0. The van der Waals surface area contributed by atoms with Crippen LogP contribution in [-0.4, -0.2) is 49.2 Å². The van der Waals surface area contributed by atoms with Crippen molar-refractivity contribution in [2.75, 3.05) is 6.61 Å². The fraction of sp³-hybridized carbons (Fsp3) is 0.727. The average molecular weight is 278 g/mol. The van der Waals surface area contributed by atoms with Gasteiger partial charge in [-0.25, -0.2) is 4.39 Å². The lowest BCUT2D eigenvalue weighted by molar-refractivity contribution is -0.263. The number of hydrogen-bond acceptors (Lipinski definition) is 7. The first-order valence-corrected chi connectivity index (χ1v) is 5.58. The Morgan fingerprint density at radius 1 is 0.947 bits per heavy atom. The minimum Gasteiger partial charge on any atom is -0.455 e. The van der Waals surface area contributed by atoms with Gasteiger partial charge in [0.1, 0.15) is 0 Å². The fourth-order valence-corrected chi connectivity index (χ4v) is 1.65. The Kier molecular flexibility index (Phi) is 5.22. The van der Waals surface area contributed by atoms with Crippen LogP contribution in [0.3, 0.4) is 0 Å². The molecule has 8 heteroatoms. The molecule has 1 heterocycles. The Morgan fingerprint density at radius 3 is 1.89 bits per heavy atom. The van der Waals surface area contributed by atoms with E-state index in [1.54, 1.807) is 0 Å². The first kappa shape index (κ1) is 15.4. The maximum absolute atomic E-state index is 13.7. The largest absolute Gasteiger partial charge is 0.455 e. The van der Waals surface area contributed by atoms with Crippen LogP contribution in [0.5, 0.6) is 0 Å². The van der Waals surface area contributed by atoms with Crippen molar-refractivity contribution < 1.29 is 37.7 Å². The molecule has 108 valence electrons. The molecule has 0 aromatic carbocycles. The second-order valence-corrected chi connectivity index (χ2v) is 3.98. The van der Waals surface area contributed by atoms with E-state index in [4.69, 9.17) is 18.9 Å². The highest BCUT2D eigenvalue weighted by molar-refractivity contribution is 5.68. The number of rotatable bonds is 3. The summed E-state index contributed by atoms with van der Waals surface area (Å²) in [5, 5.41) is 0. The van der Waals surface area contributed by atoms with Crippen molar-refractivity contribution in [3.63, 3.8) is 0 Å². The third-order valence-electron chi connectivity index (χ3n) is 2.25. The molecule has 0 saturated carbocycles. The van der Waals surface area contributed by atoms with Crippen molar-refractivity contribution >= 4 is 17.9 Å². The summed E-state index contributed by atoms with van der Waals surface area (Å²) in [7, 11) is 0. The number of hydrogen-bond donors (Lipinski definition) is 0. The van der Waals surface area contributed by atoms with E-state index in [0.717, 1.165) is 20.8 Å². The molecule has 1 saturated heterocycles. The number of carbonyl (C=O) groups excluding carboxylic acids is 3. The predicted molar refractivity (Wildman–Crippen MR) is 57.5 cm³/mol. The van der Waals surface area contributed by atoms with Crippen LogP contribution < -0.4 is 0 Å². The molecule has 1 rings (SSSR count). The van der Waals surface area contributed by atoms with E-state index < -0.39 is 49.2 Å². The van der Waals surface area contributed by atoms with Crippen LogP contribution in [0.2, 0.25) is 0 Å². The fourth-order valence-electron chi connectivity index (χ4n) is 1.65. The van der Waals surface area contributed by atoms with Crippen LogP contribution in [0.25, 0.3) is 0 Å². The predicted octanol–water partition coefficient (Wildman–Crippen LogP) is 0.107. The minimum atomic E-state index is -1.68. The first-order chi connectivity index (χ1) is 8.81. The van der Waals surface area contributed by atoms with Gasteiger partial charge in [-0.1, -0.05) is 0 Å². The quantitative estimate of drug-likeness (QED) is 0.534. The van der Waals surface area contributed by atoms with Gasteiger partial charge in [-0.15, -0.1) is 0 Å². The zero-order valence-corrected chi connectivity index (χ0v) is 10.8. The van der Waals surface area contributed by atoms with Gasteiger partial charge in [-0.05, 0) is 0 Å². The molecule has 19 heavy (non-hydrogen) atoms. The first-order valence-electron chi connectivity index (χ1n) is 5.58. The molecule has 0 spiro atoms. The maximum atomic E-state index is 13.7.